The monoisotopic (exact) mass is 306 g/mol. The van der Waals surface area contributed by atoms with Crippen molar-refractivity contribution in [1.82, 2.24) is 4.98 Å². The zero-order valence-electron chi connectivity index (χ0n) is 11.1. The minimum Gasteiger partial charge on any atom is -0.466 e. The highest BCUT2D eigenvalue weighted by Crippen LogP contribution is 2.32. The number of ether oxygens (including phenoxy) is 1. The van der Waals surface area contributed by atoms with E-state index >= 15 is 0 Å². The molecule has 0 aliphatic heterocycles. The van der Waals surface area contributed by atoms with Crippen LogP contribution in [0, 0.1) is 10.1 Å². The minimum absolute atomic E-state index is 0.0211. The van der Waals surface area contributed by atoms with Crippen LogP contribution < -0.4 is 0 Å². The Bertz CT molecular complexity index is 532. The maximum atomic E-state index is 12.5. The van der Waals surface area contributed by atoms with Gasteiger partial charge in [-0.25, -0.2) is 0 Å². The smallest absolute Gasteiger partial charge is 0.418 e. The van der Waals surface area contributed by atoms with Gasteiger partial charge >= 0.3 is 12.1 Å². The van der Waals surface area contributed by atoms with Gasteiger partial charge in [-0.1, -0.05) is 0 Å². The number of aryl methyl sites for hydroxylation is 1. The van der Waals surface area contributed by atoms with Crippen LogP contribution in [-0.2, 0) is 22.1 Å². The second kappa shape index (κ2) is 7.00. The Morgan fingerprint density at radius 1 is 1.48 bits per heavy atom. The first kappa shape index (κ1) is 16.9. The van der Waals surface area contributed by atoms with Crippen LogP contribution in [0.4, 0.5) is 18.9 Å². The highest BCUT2D eigenvalue weighted by molar-refractivity contribution is 5.69. The van der Waals surface area contributed by atoms with Crippen LogP contribution >= 0.6 is 0 Å². The number of carbonyl (C=O) groups excluding carboxylic acids is 1. The Kier molecular flexibility index (Phi) is 5.62. The van der Waals surface area contributed by atoms with Crippen LogP contribution in [0.25, 0.3) is 0 Å². The summed E-state index contributed by atoms with van der Waals surface area (Å²) in [6.07, 6.45) is -3.90. The number of rotatable bonds is 6. The van der Waals surface area contributed by atoms with Gasteiger partial charge in [-0.2, -0.15) is 13.2 Å². The Labute approximate surface area is 118 Å². The molecule has 0 saturated carbocycles. The molecule has 0 unspecified atom stereocenters. The summed E-state index contributed by atoms with van der Waals surface area (Å²) in [5.74, 6) is -0.466. The molecule has 1 heterocycles. The summed E-state index contributed by atoms with van der Waals surface area (Å²) in [4.78, 5) is 24.5. The van der Waals surface area contributed by atoms with Gasteiger partial charge in [0.15, 0.2) is 0 Å². The summed E-state index contributed by atoms with van der Waals surface area (Å²) in [6.45, 7) is 1.86. The summed E-state index contributed by atoms with van der Waals surface area (Å²) in [5, 5.41) is 10.8. The van der Waals surface area contributed by atoms with Crippen molar-refractivity contribution in [3.63, 3.8) is 0 Å². The quantitative estimate of drug-likeness (QED) is 0.458. The van der Waals surface area contributed by atoms with Crippen molar-refractivity contribution < 1.29 is 27.6 Å². The molecule has 116 valence electrons. The Balaban J connectivity index is 2.83. The number of esters is 1. The molecule has 1 rings (SSSR count). The maximum absolute atomic E-state index is 12.5. The van der Waals surface area contributed by atoms with Gasteiger partial charge in [-0.3, -0.25) is 19.9 Å². The molecule has 1 aromatic heterocycles. The van der Waals surface area contributed by atoms with Crippen molar-refractivity contribution in [3.05, 3.63) is 33.6 Å². The van der Waals surface area contributed by atoms with Crippen molar-refractivity contribution >= 4 is 11.7 Å². The van der Waals surface area contributed by atoms with Crippen molar-refractivity contribution in [2.24, 2.45) is 0 Å². The van der Waals surface area contributed by atoms with Crippen LogP contribution in [0.1, 0.15) is 31.0 Å². The highest BCUT2D eigenvalue weighted by Gasteiger charge is 2.33. The van der Waals surface area contributed by atoms with E-state index in [2.05, 4.69) is 9.72 Å². The zero-order valence-corrected chi connectivity index (χ0v) is 11.1. The molecule has 0 aliphatic carbocycles. The van der Waals surface area contributed by atoms with Gasteiger partial charge in [0.2, 0.25) is 0 Å². The minimum atomic E-state index is -4.69. The van der Waals surface area contributed by atoms with Crippen LogP contribution in [0.5, 0.6) is 0 Å². The summed E-state index contributed by atoms with van der Waals surface area (Å²) >= 11 is 0. The van der Waals surface area contributed by atoms with Crippen molar-refractivity contribution in [2.45, 2.75) is 32.4 Å². The third-order valence-electron chi connectivity index (χ3n) is 2.57. The zero-order chi connectivity index (χ0) is 16.0. The van der Waals surface area contributed by atoms with Crippen LogP contribution in [0.15, 0.2) is 12.3 Å². The summed E-state index contributed by atoms with van der Waals surface area (Å²) in [6, 6.07) is 0.451. The van der Waals surface area contributed by atoms with E-state index in [0.717, 1.165) is 0 Å². The number of carbonyl (C=O) groups is 1. The molecule has 21 heavy (non-hydrogen) atoms. The topological polar surface area (TPSA) is 82.3 Å². The molecule has 0 aliphatic rings. The lowest BCUT2D eigenvalue weighted by Gasteiger charge is -2.08. The van der Waals surface area contributed by atoms with Gasteiger partial charge in [0.25, 0.3) is 5.69 Å². The predicted octanol–water partition coefficient (Wildman–Crippen LogP) is 2.89. The van der Waals surface area contributed by atoms with E-state index in [9.17, 15) is 28.1 Å². The molecule has 0 aromatic carbocycles. The number of nitrogens with zero attached hydrogens (tertiary/aromatic N) is 2. The number of aromatic nitrogens is 1. The van der Waals surface area contributed by atoms with Crippen molar-refractivity contribution in [1.29, 1.82) is 0 Å². The Morgan fingerprint density at radius 3 is 2.67 bits per heavy atom. The van der Waals surface area contributed by atoms with E-state index in [0.29, 0.717) is 12.3 Å². The van der Waals surface area contributed by atoms with Crippen molar-refractivity contribution in [2.75, 3.05) is 6.61 Å². The summed E-state index contributed by atoms with van der Waals surface area (Å²) in [5.41, 5.74) is -1.96. The summed E-state index contributed by atoms with van der Waals surface area (Å²) < 4.78 is 42.1. The first-order valence-electron chi connectivity index (χ1n) is 6.11. The van der Waals surface area contributed by atoms with E-state index in [1.54, 1.807) is 6.92 Å². The molecule has 0 bridgehead atoms. The number of pyridine rings is 1. The van der Waals surface area contributed by atoms with E-state index in [-0.39, 0.29) is 31.6 Å². The van der Waals surface area contributed by atoms with Crippen LogP contribution in [0.2, 0.25) is 0 Å². The highest BCUT2D eigenvalue weighted by atomic mass is 19.4. The first-order valence-corrected chi connectivity index (χ1v) is 6.11. The lowest BCUT2D eigenvalue weighted by atomic mass is 10.1. The number of hydrogen-bond donors (Lipinski definition) is 0. The summed E-state index contributed by atoms with van der Waals surface area (Å²) in [7, 11) is 0. The molecule has 9 heteroatoms. The van der Waals surface area contributed by atoms with Crippen LogP contribution in [0.3, 0.4) is 0 Å². The third-order valence-corrected chi connectivity index (χ3v) is 2.57. The van der Waals surface area contributed by atoms with Crippen LogP contribution in [-0.4, -0.2) is 22.5 Å². The Morgan fingerprint density at radius 2 is 2.14 bits per heavy atom. The molecule has 0 spiro atoms. The first-order chi connectivity index (χ1) is 9.75. The normalized spacial score (nSPS) is 11.2. The number of alkyl halides is 3. The van der Waals surface area contributed by atoms with Gasteiger partial charge in [0.05, 0.1) is 17.1 Å². The average molecular weight is 306 g/mol. The molecule has 6 nitrogen and oxygen atoms in total. The average Bonchev–Trinajstić information content (AvgIpc) is 2.37. The molecular weight excluding hydrogens is 293 g/mol. The van der Waals surface area contributed by atoms with E-state index in [1.807, 2.05) is 0 Å². The molecule has 0 radical (unpaired) electrons. The maximum Gasteiger partial charge on any atom is 0.418 e. The predicted molar refractivity (Wildman–Crippen MR) is 65.5 cm³/mol. The largest absolute Gasteiger partial charge is 0.466 e. The number of nitro groups is 1. The molecule has 0 N–H and O–H groups in total. The van der Waals surface area contributed by atoms with Gasteiger partial charge in [0, 0.05) is 18.7 Å². The van der Waals surface area contributed by atoms with Crippen molar-refractivity contribution in [3.8, 4) is 0 Å². The second-order valence-electron chi connectivity index (χ2n) is 4.10. The fraction of sp³-hybridized carbons (Fsp3) is 0.500. The SMILES string of the molecule is CCOC(=O)CCCc1ncc(C(F)(F)F)cc1[N+](=O)[O-]. The van der Waals surface area contributed by atoms with E-state index in [4.69, 9.17) is 0 Å². The molecule has 0 atom stereocenters. The van der Waals surface area contributed by atoms with Gasteiger partial charge in [0.1, 0.15) is 5.69 Å². The lowest BCUT2D eigenvalue weighted by Crippen LogP contribution is -2.09. The molecule has 1 aromatic rings. The molecule has 0 saturated heterocycles. The van der Waals surface area contributed by atoms with E-state index in [1.165, 1.54) is 0 Å². The lowest BCUT2D eigenvalue weighted by molar-refractivity contribution is -0.386. The van der Waals surface area contributed by atoms with E-state index < -0.39 is 28.3 Å². The molecule has 0 amide bonds. The second-order valence-corrected chi connectivity index (χ2v) is 4.10. The fourth-order valence-electron chi connectivity index (χ4n) is 1.62. The number of halogens is 3. The Hall–Kier alpha value is -2.19. The fourth-order valence-corrected chi connectivity index (χ4v) is 1.62. The van der Waals surface area contributed by atoms with Gasteiger partial charge < -0.3 is 4.74 Å². The van der Waals surface area contributed by atoms with Gasteiger partial charge in [-0.15, -0.1) is 0 Å². The third kappa shape index (κ3) is 5.01. The molecular formula is C12H13F3N2O4. The molecule has 0 fully saturated rings. The standard InChI is InChI=1S/C12H13F3N2O4/c1-2-21-11(18)5-3-4-9-10(17(19)20)6-8(7-16-9)12(13,14)15/h6-7H,2-5H2,1H3. The number of hydrogen-bond acceptors (Lipinski definition) is 5. The van der Waals surface area contributed by atoms with Gasteiger partial charge in [-0.05, 0) is 19.8 Å².